The van der Waals surface area contributed by atoms with Crippen molar-refractivity contribution in [2.24, 2.45) is 0 Å². The summed E-state index contributed by atoms with van der Waals surface area (Å²) in [7, 11) is 1.24. The molecule has 2 atom stereocenters. The van der Waals surface area contributed by atoms with E-state index in [2.05, 4.69) is 5.16 Å². The van der Waals surface area contributed by atoms with Crippen molar-refractivity contribution in [2.75, 3.05) is 13.7 Å². The van der Waals surface area contributed by atoms with Crippen LogP contribution in [-0.4, -0.2) is 47.7 Å². The molecule has 2 aromatic rings. The van der Waals surface area contributed by atoms with Crippen molar-refractivity contribution in [3.8, 4) is 5.75 Å². The average molecular weight is 334 g/mol. The molecule has 1 aliphatic heterocycles. The summed E-state index contributed by atoms with van der Waals surface area (Å²) in [5.41, 5.74) is 0. The fourth-order valence-electron chi connectivity index (χ4n) is 2.65. The van der Waals surface area contributed by atoms with Crippen LogP contribution < -0.4 is 4.74 Å². The Morgan fingerprint density at radius 3 is 2.79 bits per heavy atom. The van der Waals surface area contributed by atoms with Gasteiger partial charge in [-0.05, 0) is 12.1 Å². The lowest BCUT2D eigenvalue weighted by Gasteiger charge is -2.20. The summed E-state index contributed by atoms with van der Waals surface area (Å²) in [6.45, 7) is 0.105. The number of likely N-dealkylation sites (tertiary alicyclic amines) is 1. The first-order valence-electron chi connectivity index (χ1n) is 7.31. The van der Waals surface area contributed by atoms with Gasteiger partial charge >= 0.3 is 5.97 Å². The summed E-state index contributed by atoms with van der Waals surface area (Å²) in [5.74, 6) is -1.49. The van der Waals surface area contributed by atoms with Crippen LogP contribution in [0.2, 0.25) is 0 Å². The third-order valence-electron chi connectivity index (χ3n) is 3.78. The number of aromatic nitrogens is 1. The molecular formula is C16H15FN2O5. The predicted octanol–water partition coefficient (Wildman–Crippen LogP) is 1.65. The quantitative estimate of drug-likeness (QED) is 0.791. The number of hydrogen-bond donors (Lipinski definition) is 0. The van der Waals surface area contributed by atoms with Crippen LogP contribution in [0.3, 0.4) is 0 Å². The second-order valence-electron chi connectivity index (χ2n) is 5.28. The van der Waals surface area contributed by atoms with Crippen molar-refractivity contribution in [3.05, 3.63) is 48.1 Å². The molecule has 0 N–H and O–H groups in total. The van der Waals surface area contributed by atoms with Crippen LogP contribution in [-0.2, 0) is 9.53 Å². The van der Waals surface area contributed by atoms with Gasteiger partial charge in [-0.25, -0.2) is 9.18 Å². The molecule has 1 aliphatic rings. The molecule has 1 aromatic heterocycles. The lowest BCUT2D eigenvalue weighted by molar-refractivity contribution is -0.145. The van der Waals surface area contributed by atoms with Crippen molar-refractivity contribution in [3.63, 3.8) is 0 Å². The Kier molecular flexibility index (Phi) is 4.45. The topological polar surface area (TPSA) is 81.9 Å². The molecule has 7 nitrogen and oxygen atoms in total. The molecule has 0 spiro atoms. The summed E-state index contributed by atoms with van der Waals surface area (Å²) in [5, 5.41) is 3.48. The van der Waals surface area contributed by atoms with Crippen LogP contribution in [0.15, 0.2) is 41.1 Å². The van der Waals surface area contributed by atoms with E-state index >= 15 is 0 Å². The fraction of sp³-hybridized carbons (Fsp3) is 0.312. The van der Waals surface area contributed by atoms with Gasteiger partial charge in [-0.3, -0.25) is 4.79 Å². The highest BCUT2D eigenvalue weighted by Crippen LogP contribution is 2.26. The number of benzene rings is 1. The average Bonchev–Trinajstić information content (AvgIpc) is 3.25. The second kappa shape index (κ2) is 6.69. The number of amides is 1. The first-order chi connectivity index (χ1) is 11.6. The zero-order valence-electron chi connectivity index (χ0n) is 12.8. The first-order valence-corrected chi connectivity index (χ1v) is 7.31. The molecule has 0 radical (unpaired) electrons. The van der Waals surface area contributed by atoms with E-state index in [0.29, 0.717) is 0 Å². The normalized spacial score (nSPS) is 20.0. The number of ether oxygens (including phenoxy) is 2. The Morgan fingerprint density at radius 2 is 2.12 bits per heavy atom. The molecule has 0 aliphatic carbocycles. The Hall–Kier alpha value is -2.90. The van der Waals surface area contributed by atoms with Crippen molar-refractivity contribution < 1.29 is 28.0 Å². The third-order valence-corrected chi connectivity index (χ3v) is 3.78. The number of methoxy groups -OCH3 is 1. The number of esters is 1. The summed E-state index contributed by atoms with van der Waals surface area (Å²) in [4.78, 5) is 25.7. The maximum Gasteiger partial charge on any atom is 0.328 e. The van der Waals surface area contributed by atoms with E-state index in [-0.39, 0.29) is 24.5 Å². The maximum absolute atomic E-state index is 13.7. The van der Waals surface area contributed by atoms with E-state index in [1.54, 1.807) is 12.1 Å². The fourth-order valence-corrected chi connectivity index (χ4v) is 2.65. The van der Waals surface area contributed by atoms with E-state index in [4.69, 9.17) is 14.0 Å². The molecule has 0 saturated carbocycles. The number of para-hydroxylation sites is 1. The van der Waals surface area contributed by atoms with E-state index in [1.165, 1.54) is 36.4 Å². The number of rotatable bonds is 4. The van der Waals surface area contributed by atoms with Gasteiger partial charge in [0.05, 0.1) is 19.9 Å². The standard InChI is InChI=1S/C16H15FN2O5/c1-22-16(21)12-8-10(23-13-5-3-2-4-11(13)17)9-19(12)15(20)14-6-7-18-24-14/h2-7,10,12H,8-9H2,1H3/t10-,12+/m0/s1. The molecule has 3 rings (SSSR count). The van der Waals surface area contributed by atoms with Gasteiger partial charge in [0, 0.05) is 12.5 Å². The SMILES string of the molecule is COC(=O)[C@H]1C[C@H](Oc2ccccc2F)CN1C(=O)c1ccno1. The molecule has 1 aromatic carbocycles. The van der Waals surface area contributed by atoms with Crippen molar-refractivity contribution in [1.82, 2.24) is 10.1 Å². The van der Waals surface area contributed by atoms with Crippen LogP contribution in [0.25, 0.3) is 0 Å². The van der Waals surface area contributed by atoms with Gasteiger partial charge in [-0.1, -0.05) is 17.3 Å². The van der Waals surface area contributed by atoms with Gasteiger partial charge in [0.15, 0.2) is 11.6 Å². The van der Waals surface area contributed by atoms with Crippen LogP contribution in [0.5, 0.6) is 5.75 Å². The molecule has 1 amide bonds. The highest BCUT2D eigenvalue weighted by Gasteiger charge is 2.42. The highest BCUT2D eigenvalue weighted by atomic mass is 19.1. The highest BCUT2D eigenvalue weighted by molar-refractivity contribution is 5.94. The lowest BCUT2D eigenvalue weighted by Crippen LogP contribution is -2.41. The van der Waals surface area contributed by atoms with Gasteiger partial charge in [0.2, 0.25) is 5.76 Å². The van der Waals surface area contributed by atoms with E-state index in [0.717, 1.165) is 0 Å². The van der Waals surface area contributed by atoms with Gasteiger partial charge in [-0.15, -0.1) is 0 Å². The number of carbonyl (C=O) groups excluding carboxylic acids is 2. The third kappa shape index (κ3) is 3.08. The number of carbonyl (C=O) groups is 2. The van der Waals surface area contributed by atoms with Crippen molar-refractivity contribution >= 4 is 11.9 Å². The molecule has 0 unspecified atom stereocenters. The number of halogens is 1. The molecule has 1 fully saturated rings. The minimum absolute atomic E-state index is 0.00967. The molecule has 1 saturated heterocycles. The number of nitrogens with zero attached hydrogens (tertiary/aromatic N) is 2. The van der Waals surface area contributed by atoms with Crippen molar-refractivity contribution in [1.29, 1.82) is 0 Å². The van der Waals surface area contributed by atoms with E-state index in [1.807, 2.05) is 0 Å². The zero-order chi connectivity index (χ0) is 17.1. The monoisotopic (exact) mass is 334 g/mol. The van der Waals surface area contributed by atoms with Gasteiger partial charge < -0.3 is 18.9 Å². The zero-order valence-corrected chi connectivity index (χ0v) is 12.8. The van der Waals surface area contributed by atoms with Crippen LogP contribution in [0, 0.1) is 5.82 Å². The van der Waals surface area contributed by atoms with Gasteiger partial charge in [0.1, 0.15) is 12.1 Å². The Bertz CT molecular complexity index is 734. The van der Waals surface area contributed by atoms with Gasteiger partial charge in [0.25, 0.3) is 5.91 Å². The van der Waals surface area contributed by atoms with Crippen LogP contribution >= 0.6 is 0 Å². The Balaban J connectivity index is 1.79. The minimum Gasteiger partial charge on any atom is -0.485 e. The summed E-state index contributed by atoms with van der Waals surface area (Å²) < 4.78 is 28.9. The minimum atomic E-state index is -0.829. The largest absolute Gasteiger partial charge is 0.485 e. The summed E-state index contributed by atoms with van der Waals surface area (Å²) in [6.07, 6.45) is 0.989. The molecule has 24 heavy (non-hydrogen) atoms. The Morgan fingerprint density at radius 1 is 1.33 bits per heavy atom. The number of hydrogen-bond acceptors (Lipinski definition) is 6. The summed E-state index contributed by atoms with van der Waals surface area (Å²) >= 11 is 0. The molecule has 126 valence electrons. The Labute approximate surface area is 136 Å². The molecule has 8 heteroatoms. The predicted molar refractivity (Wildman–Crippen MR) is 78.8 cm³/mol. The van der Waals surface area contributed by atoms with E-state index < -0.39 is 29.8 Å². The smallest absolute Gasteiger partial charge is 0.328 e. The van der Waals surface area contributed by atoms with E-state index in [9.17, 15) is 14.0 Å². The van der Waals surface area contributed by atoms with Gasteiger partial charge in [-0.2, -0.15) is 0 Å². The van der Waals surface area contributed by atoms with Crippen LogP contribution in [0.1, 0.15) is 17.0 Å². The van der Waals surface area contributed by atoms with Crippen molar-refractivity contribution in [2.45, 2.75) is 18.6 Å². The second-order valence-corrected chi connectivity index (χ2v) is 5.28. The first kappa shape index (κ1) is 16.0. The molecule has 0 bridgehead atoms. The molecular weight excluding hydrogens is 319 g/mol. The summed E-state index contributed by atoms with van der Waals surface area (Å²) in [6, 6.07) is 6.53. The lowest BCUT2D eigenvalue weighted by atomic mass is 10.2. The maximum atomic E-state index is 13.7. The molecule has 2 heterocycles. The van der Waals surface area contributed by atoms with Crippen LogP contribution in [0.4, 0.5) is 4.39 Å².